The van der Waals surface area contributed by atoms with E-state index in [2.05, 4.69) is 58.1 Å². The van der Waals surface area contributed by atoms with E-state index >= 15 is 0 Å². The lowest BCUT2D eigenvalue weighted by Crippen LogP contribution is -2.27. The first-order valence-corrected chi connectivity index (χ1v) is 9.74. The van der Waals surface area contributed by atoms with Crippen molar-refractivity contribution >= 4 is 22.9 Å². The summed E-state index contributed by atoms with van der Waals surface area (Å²) in [6.45, 7) is 3.14. The van der Waals surface area contributed by atoms with Crippen molar-refractivity contribution in [2.75, 3.05) is 13.1 Å². The maximum absolute atomic E-state index is 11.1. The monoisotopic (exact) mass is 375 g/mol. The molecule has 2 heterocycles. The Morgan fingerprint density at radius 3 is 2.75 bits per heavy atom. The molecule has 0 radical (unpaired) electrons. The SMILES string of the molecule is O=C(/C=C/c1ccc([C@@H]2CCCN2CCn2ccc3ccccc32)cc1)NO. The Balaban J connectivity index is 1.42. The lowest BCUT2D eigenvalue weighted by molar-refractivity contribution is -0.124. The predicted molar refractivity (Wildman–Crippen MR) is 111 cm³/mol. The van der Waals surface area contributed by atoms with Gasteiger partial charge in [-0.05, 0) is 54.1 Å². The molecule has 0 aliphatic carbocycles. The fourth-order valence-corrected chi connectivity index (χ4v) is 4.08. The maximum atomic E-state index is 11.1. The number of hydrogen-bond donors (Lipinski definition) is 2. The summed E-state index contributed by atoms with van der Waals surface area (Å²) in [4.78, 5) is 13.7. The highest BCUT2D eigenvalue weighted by Crippen LogP contribution is 2.32. The number of carbonyl (C=O) groups is 1. The molecule has 1 aromatic heterocycles. The van der Waals surface area contributed by atoms with Crippen LogP contribution in [0, 0.1) is 0 Å². The largest absolute Gasteiger partial charge is 0.346 e. The number of rotatable bonds is 6. The third-order valence-electron chi connectivity index (χ3n) is 5.53. The van der Waals surface area contributed by atoms with Crippen molar-refractivity contribution in [2.24, 2.45) is 0 Å². The van der Waals surface area contributed by atoms with Gasteiger partial charge in [0.05, 0.1) is 0 Å². The Morgan fingerprint density at radius 1 is 1.11 bits per heavy atom. The van der Waals surface area contributed by atoms with Gasteiger partial charge in [0.1, 0.15) is 0 Å². The summed E-state index contributed by atoms with van der Waals surface area (Å²) in [5.41, 5.74) is 5.15. The van der Waals surface area contributed by atoms with Gasteiger partial charge in [-0.3, -0.25) is 14.9 Å². The molecule has 4 rings (SSSR count). The Hall–Kier alpha value is -2.89. The zero-order valence-corrected chi connectivity index (χ0v) is 15.8. The van der Waals surface area contributed by atoms with Crippen molar-refractivity contribution in [3.8, 4) is 0 Å². The fraction of sp³-hybridized carbons (Fsp3) is 0.261. The number of hydrogen-bond acceptors (Lipinski definition) is 3. The van der Waals surface area contributed by atoms with Gasteiger partial charge in [0.25, 0.3) is 5.91 Å². The summed E-state index contributed by atoms with van der Waals surface area (Å²) >= 11 is 0. The number of benzene rings is 2. The highest BCUT2D eigenvalue weighted by atomic mass is 16.5. The van der Waals surface area contributed by atoms with Crippen molar-refractivity contribution in [1.82, 2.24) is 14.9 Å². The minimum Gasteiger partial charge on any atom is -0.346 e. The zero-order chi connectivity index (χ0) is 19.3. The number of carbonyl (C=O) groups excluding carboxylic acids is 1. The Kier molecular flexibility index (Phi) is 5.55. The van der Waals surface area contributed by atoms with Gasteiger partial charge in [-0.15, -0.1) is 0 Å². The van der Waals surface area contributed by atoms with Crippen molar-refractivity contribution in [3.63, 3.8) is 0 Å². The molecule has 1 fully saturated rings. The lowest BCUT2D eigenvalue weighted by Gasteiger charge is -2.25. The highest BCUT2D eigenvalue weighted by molar-refractivity contribution is 5.90. The molecule has 0 unspecified atom stereocenters. The molecule has 2 aromatic carbocycles. The predicted octanol–water partition coefficient (Wildman–Crippen LogP) is 4.00. The Labute approximate surface area is 164 Å². The fourth-order valence-electron chi connectivity index (χ4n) is 4.08. The maximum Gasteiger partial charge on any atom is 0.267 e. The number of aromatic nitrogens is 1. The molecule has 28 heavy (non-hydrogen) atoms. The molecule has 144 valence electrons. The van der Waals surface area contributed by atoms with Gasteiger partial charge in [-0.25, -0.2) is 5.48 Å². The van der Waals surface area contributed by atoms with Crippen LogP contribution in [0.1, 0.15) is 30.0 Å². The van der Waals surface area contributed by atoms with Gasteiger partial charge in [0, 0.05) is 36.9 Å². The molecule has 1 amide bonds. The molecule has 3 aromatic rings. The molecule has 0 bridgehead atoms. The first-order chi connectivity index (χ1) is 13.7. The standard InChI is InChI=1S/C23H25N3O2/c27-23(24-28)12-9-18-7-10-20(11-8-18)22-6-3-14-25(22)16-17-26-15-13-19-4-1-2-5-21(19)26/h1-2,4-5,7-13,15,22,28H,3,6,14,16-17H2,(H,24,27)/b12-9+/t22-/m0/s1. The Morgan fingerprint density at radius 2 is 1.93 bits per heavy atom. The Bertz CT molecular complexity index is 975. The van der Waals surface area contributed by atoms with E-state index in [0.717, 1.165) is 25.2 Å². The van der Waals surface area contributed by atoms with Crippen molar-refractivity contribution in [3.05, 3.63) is 78.0 Å². The van der Waals surface area contributed by atoms with Gasteiger partial charge in [-0.2, -0.15) is 0 Å². The normalized spacial score (nSPS) is 17.5. The van der Waals surface area contributed by atoms with Gasteiger partial charge >= 0.3 is 0 Å². The molecule has 1 aliphatic heterocycles. The summed E-state index contributed by atoms with van der Waals surface area (Å²) in [5, 5.41) is 9.84. The molecule has 2 N–H and O–H groups in total. The van der Waals surface area contributed by atoms with Gasteiger partial charge in [0.2, 0.25) is 0 Å². The van der Waals surface area contributed by atoms with Crippen molar-refractivity contribution in [1.29, 1.82) is 0 Å². The average Bonchev–Trinajstić information content (AvgIpc) is 3.37. The van der Waals surface area contributed by atoms with E-state index in [1.807, 2.05) is 12.1 Å². The van der Waals surface area contributed by atoms with E-state index in [-0.39, 0.29) is 0 Å². The number of likely N-dealkylation sites (tertiary alicyclic amines) is 1. The van der Waals surface area contributed by atoms with Crippen LogP contribution in [-0.4, -0.2) is 33.7 Å². The van der Waals surface area contributed by atoms with Crippen LogP contribution in [-0.2, 0) is 11.3 Å². The number of nitrogens with zero attached hydrogens (tertiary/aromatic N) is 2. The van der Waals surface area contributed by atoms with Crippen LogP contribution < -0.4 is 5.48 Å². The number of hydroxylamine groups is 1. The topological polar surface area (TPSA) is 57.5 Å². The smallest absolute Gasteiger partial charge is 0.267 e. The van der Waals surface area contributed by atoms with Crippen LogP contribution in [0.15, 0.2) is 66.9 Å². The first-order valence-electron chi connectivity index (χ1n) is 9.74. The van der Waals surface area contributed by atoms with Crippen molar-refractivity contribution < 1.29 is 10.0 Å². The molecule has 1 saturated heterocycles. The second-order valence-corrected chi connectivity index (χ2v) is 7.24. The van der Waals surface area contributed by atoms with Gasteiger partial charge < -0.3 is 4.57 Å². The summed E-state index contributed by atoms with van der Waals surface area (Å²) < 4.78 is 2.34. The number of amides is 1. The van der Waals surface area contributed by atoms with Crippen LogP contribution >= 0.6 is 0 Å². The van der Waals surface area contributed by atoms with Crippen molar-refractivity contribution in [2.45, 2.75) is 25.4 Å². The van der Waals surface area contributed by atoms with E-state index < -0.39 is 5.91 Å². The zero-order valence-electron chi connectivity index (χ0n) is 15.8. The minimum absolute atomic E-state index is 0.445. The summed E-state index contributed by atoms with van der Waals surface area (Å²) in [6, 6.07) is 19.5. The van der Waals surface area contributed by atoms with Crippen LogP contribution in [0.4, 0.5) is 0 Å². The second-order valence-electron chi connectivity index (χ2n) is 7.24. The summed E-state index contributed by atoms with van der Waals surface area (Å²) in [7, 11) is 0. The van der Waals surface area contributed by atoms with E-state index in [0.29, 0.717) is 6.04 Å². The highest BCUT2D eigenvalue weighted by Gasteiger charge is 2.25. The molecule has 5 nitrogen and oxygen atoms in total. The van der Waals surface area contributed by atoms with Crippen LogP contribution in [0.3, 0.4) is 0 Å². The molecular formula is C23H25N3O2. The van der Waals surface area contributed by atoms with E-state index in [1.54, 1.807) is 11.6 Å². The number of fused-ring (bicyclic) bond motifs is 1. The molecule has 5 heteroatoms. The van der Waals surface area contributed by atoms with E-state index in [1.165, 1.54) is 35.4 Å². The molecule has 0 saturated carbocycles. The van der Waals surface area contributed by atoms with Crippen LogP contribution in [0.2, 0.25) is 0 Å². The summed E-state index contributed by atoms with van der Waals surface area (Å²) in [5.74, 6) is -0.524. The quantitative estimate of drug-likeness (QED) is 0.389. The van der Waals surface area contributed by atoms with E-state index in [4.69, 9.17) is 5.21 Å². The minimum atomic E-state index is -0.524. The number of para-hydroxylation sites is 1. The number of nitrogens with one attached hydrogen (secondary N) is 1. The molecule has 1 atom stereocenters. The van der Waals surface area contributed by atoms with E-state index in [9.17, 15) is 4.79 Å². The molecular weight excluding hydrogens is 350 g/mol. The lowest BCUT2D eigenvalue weighted by atomic mass is 10.0. The van der Waals surface area contributed by atoms with Gasteiger partial charge in [0.15, 0.2) is 0 Å². The average molecular weight is 375 g/mol. The van der Waals surface area contributed by atoms with Gasteiger partial charge in [-0.1, -0.05) is 42.5 Å². The van der Waals surface area contributed by atoms with Crippen LogP contribution in [0.5, 0.6) is 0 Å². The van der Waals surface area contributed by atoms with Crippen LogP contribution in [0.25, 0.3) is 17.0 Å². The second kappa shape index (κ2) is 8.42. The first kappa shape index (κ1) is 18.5. The molecule has 0 spiro atoms. The third kappa shape index (κ3) is 4.01. The third-order valence-corrected chi connectivity index (χ3v) is 5.53. The summed E-state index contributed by atoms with van der Waals surface area (Å²) in [6.07, 6.45) is 7.58. The molecule has 1 aliphatic rings.